The van der Waals surface area contributed by atoms with Gasteiger partial charge in [-0.2, -0.15) is 5.10 Å². The van der Waals surface area contributed by atoms with E-state index in [1.807, 2.05) is 18.2 Å². The van der Waals surface area contributed by atoms with E-state index in [2.05, 4.69) is 20.5 Å². The van der Waals surface area contributed by atoms with E-state index in [4.69, 9.17) is 10.8 Å². The Morgan fingerprint density at radius 2 is 2.05 bits per heavy atom. The molecule has 5 N–H and O–H groups in total. The first-order chi connectivity index (χ1) is 9.63. The summed E-state index contributed by atoms with van der Waals surface area (Å²) in [5, 5.41) is 18.5. The number of rotatable bonds is 2. The smallest absolute Gasteiger partial charge is 0.410 e. The number of H-pyrrole nitrogens is 1. The Kier molecular flexibility index (Phi) is 2.72. The van der Waals surface area contributed by atoms with Crippen LogP contribution in [0, 0.1) is 0 Å². The Bertz CT molecular complexity index is 796. The van der Waals surface area contributed by atoms with Crippen LogP contribution >= 0.6 is 0 Å². The number of hydrogen-bond acceptors (Lipinski definition) is 4. The van der Waals surface area contributed by atoms with E-state index in [1.165, 1.54) is 0 Å². The van der Waals surface area contributed by atoms with Crippen molar-refractivity contribution in [1.82, 2.24) is 15.2 Å². The lowest BCUT2D eigenvalue weighted by molar-refractivity contribution is 0.209. The number of pyridine rings is 1. The molecule has 2 aromatic heterocycles. The number of fused-ring (bicyclic) bond motifs is 1. The number of nitrogen functional groups attached to an aromatic ring is 1. The third-order valence-electron chi connectivity index (χ3n) is 2.92. The number of nitrogens with zero attached hydrogens (tertiary/aromatic N) is 2. The summed E-state index contributed by atoms with van der Waals surface area (Å²) in [7, 11) is 0. The van der Waals surface area contributed by atoms with E-state index in [-0.39, 0.29) is 5.82 Å². The number of nitrogens with two attached hydrogens (primary N) is 1. The van der Waals surface area contributed by atoms with Crippen LogP contribution in [-0.4, -0.2) is 26.4 Å². The van der Waals surface area contributed by atoms with Gasteiger partial charge in [-0.3, -0.25) is 10.4 Å². The predicted molar refractivity (Wildman–Crippen MR) is 75.4 cm³/mol. The molecule has 0 saturated carbocycles. The topological polar surface area (TPSA) is 117 Å². The molecule has 7 heteroatoms. The van der Waals surface area contributed by atoms with Crippen LogP contribution in [0.25, 0.3) is 22.0 Å². The van der Waals surface area contributed by atoms with Gasteiger partial charge in [0.1, 0.15) is 5.82 Å². The maximum absolute atomic E-state index is 10.6. The van der Waals surface area contributed by atoms with Gasteiger partial charge in [-0.05, 0) is 35.4 Å². The van der Waals surface area contributed by atoms with Gasteiger partial charge in [0.05, 0.1) is 5.52 Å². The van der Waals surface area contributed by atoms with Crippen LogP contribution in [0.4, 0.5) is 16.4 Å². The van der Waals surface area contributed by atoms with Crippen molar-refractivity contribution in [2.24, 2.45) is 0 Å². The molecule has 0 saturated heterocycles. The maximum Gasteiger partial charge on any atom is 0.410 e. The third-order valence-corrected chi connectivity index (χ3v) is 2.92. The van der Waals surface area contributed by atoms with Gasteiger partial charge in [0, 0.05) is 11.6 Å². The number of nitrogens with one attached hydrogen (secondary N) is 2. The minimum Gasteiger partial charge on any atom is -0.465 e. The van der Waals surface area contributed by atoms with E-state index in [9.17, 15) is 4.79 Å². The molecule has 2 heterocycles. The number of carboxylic acid groups (broad SMARTS) is 1. The molecule has 0 aliphatic carbocycles. The molecule has 0 unspecified atom stereocenters. The van der Waals surface area contributed by atoms with Gasteiger partial charge in [0.25, 0.3) is 0 Å². The highest BCUT2D eigenvalue weighted by atomic mass is 16.4. The van der Waals surface area contributed by atoms with E-state index in [1.54, 1.807) is 18.3 Å². The monoisotopic (exact) mass is 269 g/mol. The number of benzene rings is 1. The number of hydrogen-bond donors (Lipinski definition) is 4. The van der Waals surface area contributed by atoms with Crippen LogP contribution in [0.2, 0.25) is 0 Å². The van der Waals surface area contributed by atoms with E-state index >= 15 is 0 Å². The fourth-order valence-corrected chi connectivity index (χ4v) is 2.00. The molecule has 3 rings (SSSR count). The highest BCUT2D eigenvalue weighted by Gasteiger charge is 2.06. The normalized spacial score (nSPS) is 10.6. The summed E-state index contributed by atoms with van der Waals surface area (Å²) in [6, 6.07) is 9.13. The Morgan fingerprint density at radius 1 is 1.25 bits per heavy atom. The zero-order chi connectivity index (χ0) is 14.1. The molecule has 0 aliphatic heterocycles. The molecule has 7 nitrogen and oxygen atoms in total. The Hall–Kier alpha value is -3.09. The first kappa shape index (κ1) is 12.0. The third kappa shape index (κ3) is 2.12. The second-order valence-corrected chi connectivity index (χ2v) is 4.23. The average molecular weight is 269 g/mol. The van der Waals surface area contributed by atoms with Crippen LogP contribution in [0.5, 0.6) is 0 Å². The minimum atomic E-state index is -1.15. The molecule has 0 aliphatic rings. The number of amides is 1. The highest BCUT2D eigenvalue weighted by Crippen LogP contribution is 2.27. The number of anilines is 2. The quantitative estimate of drug-likeness (QED) is 0.569. The van der Waals surface area contributed by atoms with Gasteiger partial charge in [-0.1, -0.05) is 6.07 Å². The van der Waals surface area contributed by atoms with Crippen molar-refractivity contribution < 1.29 is 9.90 Å². The maximum atomic E-state index is 10.6. The molecule has 3 aromatic rings. The molecule has 0 radical (unpaired) electrons. The lowest BCUT2D eigenvalue weighted by Crippen LogP contribution is -2.08. The van der Waals surface area contributed by atoms with E-state index in [0.29, 0.717) is 5.82 Å². The van der Waals surface area contributed by atoms with Crippen molar-refractivity contribution in [1.29, 1.82) is 0 Å². The summed E-state index contributed by atoms with van der Waals surface area (Å²) in [5.41, 5.74) is 8.37. The molecular weight excluding hydrogens is 258 g/mol. The summed E-state index contributed by atoms with van der Waals surface area (Å²) >= 11 is 0. The van der Waals surface area contributed by atoms with Gasteiger partial charge in [-0.15, -0.1) is 0 Å². The van der Waals surface area contributed by atoms with Gasteiger partial charge >= 0.3 is 6.09 Å². The first-order valence-electron chi connectivity index (χ1n) is 5.83. The molecule has 0 fully saturated rings. The summed E-state index contributed by atoms with van der Waals surface area (Å²) < 4.78 is 0. The Balaban J connectivity index is 2.05. The first-order valence-corrected chi connectivity index (χ1v) is 5.83. The molecular formula is C13H11N5O2. The molecule has 0 atom stereocenters. The summed E-state index contributed by atoms with van der Waals surface area (Å²) in [5.74, 6) is 0.704. The minimum absolute atomic E-state index is 0.273. The van der Waals surface area contributed by atoms with Crippen LogP contribution in [0.15, 0.2) is 36.5 Å². The predicted octanol–water partition coefficient (Wildman–Crippen LogP) is 2.30. The number of carbonyl (C=O) groups is 1. The molecule has 1 amide bonds. The van der Waals surface area contributed by atoms with Crippen LogP contribution in [-0.2, 0) is 0 Å². The fraction of sp³-hybridized carbons (Fsp3) is 0. The van der Waals surface area contributed by atoms with E-state index < -0.39 is 6.09 Å². The molecule has 0 spiro atoms. The lowest BCUT2D eigenvalue weighted by Gasteiger charge is -2.05. The van der Waals surface area contributed by atoms with Crippen molar-refractivity contribution in [3.8, 4) is 11.1 Å². The van der Waals surface area contributed by atoms with Crippen molar-refractivity contribution in [3.05, 3.63) is 36.5 Å². The molecule has 0 bridgehead atoms. The Labute approximate surface area is 113 Å². The summed E-state index contributed by atoms with van der Waals surface area (Å²) in [4.78, 5) is 14.6. The standard InChI is InChI=1S/C13H11N5O2/c14-12-9-5-7(1-2-10(9)17-18-12)8-3-4-15-11(6-8)16-13(19)20/h1-6H,(H,15,16)(H,19,20)(H3,14,17,18). The van der Waals surface area contributed by atoms with Crippen LogP contribution in [0.1, 0.15) is 0 Å². The zero-order valence-electron chi connectivity index (χ0n) is 10.3. The zero-order valence-corrected chi connectivity index (χ0v) is 10.3. The lowest BCUT2D eigenvalue weighted by atomic mass is 10.0. The van der Waals surface area contributed by atoms with Gasteiger partial charge in [0.15, 0.2) is 5.82 Å². The molecule has 100 valence electrons. The van der Waals surface area contributed by atoms with Gasteiger partial charge in [0.2, 0.25) is 0 Å². The number of aromatic nitrogens is 3. The van der Waals surface area contributed by atoms with Crippen molar-refractivity contribution in [2.45, 2.75) is 0 Å². The van der Waals surface area contributed by atoms with Crippen molar-refractivity contribution in [3.63, 3.8) is 0 Å². The summed E-state index contributed by atoms with van der Waals surface area (Å²) in [6.45, 7) is 0. The van der Waals surface area contributed by atoms with Gasteiger partial charge in [-0.25, -0.2) is 9.78 Å². The average Bonchev–Trinajstić information content (AvgIpc) is 2.80. The highest BCUT2D eigenvalue weighted by molar-refractivity contribution is 5.92. The Morgan fingerprint density at radius 3 is 2.85 bits per heavy atom. The van der Waals surface area contributed by atoms with Gasteiger partial charge < -0.3 is 10.8 Å². The van der Waals surface area contributed by atoms with Crippen LogP contribution in [0.3, 0.4) is 0 Å². The molecule has 20 heavy (non-hydrogen) atoms. The second kappa shape index (κ2) is 4.54. The molecule has 1 aromatic carbocycles. The SMILES string of the molecule is Nc1n[nH]c2ccc(-c3ccnc(NC(=O)O)c3)cc12. The van der Waals surface area contributed by atoms with E-state index in [0.717, 1.165) is 22.0 Å². The van der Waals surface area contributed by atoms with Crippen LogP contribution < -0.4 is 11.1 Å². The largest absolute Gasteiger partial charge is 0.465 e. The fourth-order valence-electron chi connectivity index (χ4n) is 2.00. The summed E-state index contributed by atoms with van der Waals surface area (Å²) in [6.07, 6.45) is 0.396. The van der Waals surface area contributed by atoms with Crippen molar-refractivity contribution >= 4 is 28.6 Å². The second-order valence-electron chi connectivity index (χ2n) is 4.23. The number of aromatic amines is 1. The van der Waals surface area contributed by atoms with Crippen molar-refractivity contribution in [2.75, 3.05) is 11.1 Å².